The summed E-state index contributed by atoms with van der Waals surface area (Å²) in [6.45, 7) is 9.14. The molecule has 0 aromatic heterocycles. The fourth-order valence-corrected chi connectivity index (χ4v) is 1.82. The van der Waals surface area contributed by atoms with Gasteiger partial charge in [-0.1, -0.05) is 13.8 Å². The summed E-state index contributed by atoms with van der Waals surface area (Å²) in [6, 6.07) is 5.31. The molecule has 1 rings (SSSR count). The number of hydrogen-bond acceptors (Lipinski definition) is 4. The minimum absolute atomic E-state index is 0.0524. The molecule has 118 valence electrons. The summed E-state index contributed by atoms with van der Waals surface area (Å²) in [7, 11) is 1.58. The molecule has 0 bridgehead atoms. The van der Waals surface area contributed by atoms with Crippen LogP contribution in [0.3, 0.4) is 0 Å². The van der Waals surface area contributed by atoms with Crippen molar-refractivity contribution in [2.75, 3.05) is 19.0 Å². The molecule has 0 aliphatic heterocycles. The van der Waals surface area contributed by atoms with Crippen molar-refractivity contribution in [2.24, 2.45) is 0 Å². The Balaban J connectivity index is 3.09. The van der Waals surface area contributed by atoms with Crippen molar-refractivity contribution in [1.29, 1.82) is 0 Å². The first-order valence-corrected chi connectivity index (χ1v) is 6.88. The third-order valence-corrected chi connectivity index (χ3v) is 2.99. The highest BCUT2D eigenvalue weighted by Crippen LogP contribution is 2.33. The molecule has 2 N–H and O–H groups in total. The van der Waals surface area contributed by atoms with Crippen LogP contribution in [-0.2, 0) is 10.2 Å². The second-order valence-corrected chi connectivity index (χ2v) is 6.58. The lowest BCUT2D eigenvalue weighted by molar-refractivity contribution is 0.0635. The highest BCUT2D eigenvalue weighted by Gasteiger charge is 2.25. The third-order valence-electron chi connectivity index (χ3n) is 2.99. The van der Waals surface area contributed by atoms with Crippen molar-refractivity contribution in [1.82, 2.24) is 0 Å². The van der Waals surface area contributed by atoms with E-state index in [0.29, 0.717) is 11.4 Å². The molecule has 0 atom stereocenters. The van der Waals surface area contributed by atoms with Gasteiger partial charge >= 0.3 is 6.09 Å². The first-order chi connectivity index (χ1) is 9.59. The quantitative estimate of drug-likeness (QED) is 0.894. The molecule has 1 aromatic carbocycles. The van der Waals surface area contributed by atoms with Gasteiger partial charge in [0.2, 0.25) is 0 Å². The molecular formula is C16H25NO4. The normalized spacial score (nSPS) is 12.0. The number of methoxy groups -OCH3 is 1. The van der Waals surface area contributed by atoms with Gasteiger partial charge in [-0.3, -0.25) is 5.32 Å². The summed E-state index contributed by atoms with van der Waals surface area (Å²) < 4.78 is 10.5. The number of ether oxygens (including phenoxy) is 2. The Kier molecular flexibility index (Phi) is 5.23. The fraction of sp³-hybridized carbons (Fsp3) is 0.562. The summed E-state index contributed by atoms with van der Waals surface area (Å²) >= 11 is 0. The zero-order valence-corrected chi connectivity index (χ0v) is 13.6. The van der Waals surface area contributed by atoms with E-state index in [4.69, 9.17) is 9.47 Å². The first kappa shape index (κ1) is 17.3. The van der Waals surface area contributed by atoms with E-state index in [2.05, 4.69) is 5.32 Å². The molecule has 1 amide bonds. The number of carbonyl (C=O) groups excluding carboxylic acids is 1. The maximum absolute atomic E-state index is 11.9. The topological polar surface area (TPSA) is 67.8 Å². The van der Waals surface area contributed by atoms with E-state index in [-0.39, 0.29) is 6.61 Å². The number of rotatable bonds is 4. The van der Waals surface area contributed by atoms with Gasteiger partial charge < -0.3 is 14.6 Å². The van der Waals surface area contributed by atoms with Crippen LogP contribution in [0.2, 0.25) is 0 Å². The second-order valence-electron chi connectivity index (χ2n) is 6.58. The molecule has 0 fully saturated rings. The van der Waals surface area contributed by atoms with Crippen LogP contribution in [0, 0.1) is 0 Å². The number of amides is 1. The highest BCUT2D eigenvalue weighted by molar-refractivity contribution is 5.86. The van der Waals surface area contributed by atoms with Gasteiger partial charge in [-0.05, 0) is 44.5 Å². The van der Waals surface area contributed by atoms with E-state index < -0.39 is 17.1 Å². The van der Waals surface area contributed by atoms with E-state index in [9.17, 15) is 9.90 Å². The molecule has 0 aliphatic carbocycles. The lowest BCUT2D eigenvalue weighted by atomic mass is 9.84. The highest BCUT2D eigenvalue weighted by atomic mass is 16.6. The van der Waals surface area contributed by atoms with E-state index in [1.165, 1.54) is 0 Å². The molecular weight excluding hydrogens is 270 g/mol. The van der Waals surface area contributed by atoms with Crippen LogP contribution < -0.4 is 10.1 Å². The summed E-state index contributed by atoms with van der Waals surface area (Å²) in [5, 5.41) is 12.3. The molecule has 0 heterocycles. The Bertz CT molecular complexity index is 503. The Hall–Kier alpha value is -1.75. The van der Waals surface area contributed by atoms with E-state index in [1.807, 2.05) is 19.9 Å². The Morgan fingerprint density at radius 3 is 2.33 bits per heavy atom. The summed E-state index contributed by atoms with van der Waals surface area (Å²) in [5.74, 6) is 0.668. The number of benzene rings is 1. The molecule has 21 heavy (non-hydrogen) atoms. The predicted octanol–water partition coefficient (Wildman–Crippen LogP) is 3.31. The van der Waals surface area contributed by atoms with Crippen molar-refractivity contribution in [3.05, 3.63) is 23.8 Å². The minimum atomic E-state index is -0.566. The SMILES string of the molecule is COc1ccc(NC(=O)OC(C)(C)C)c(C(C)(C)CO)c1. The molecule has 0 radical (unpaired) electrons. The Morgan fingerprint density at radius 2 is 1.86 bits per heavy atom. The number of aliphatic hydroxyl groups excluding tert-OH is 1. The first-order valence-electron chi connectivity index (χ1n) is 6.88. The van der Waals surface area contributed by atoms with E-state index in [0.717, 1.165) is 5.56 Å². The van der Waals surface area contributed by atoms with Crippen LogP contribution in [0.5, 0.6) is 5.75 Å². The van der Waals surface area contributed by atoms with Crippen LogP contribution in [0.4, 0.5) is 10.5 Å². The van der Waals surface area contributed by atoms with Crippen molar-refractivity contribution < 1.29 is 19.4 Å². The third kappa shape index (κ3) is 4.93. The zero-order chi connectivity index (χ0) is 16.3. The second kappa shape index (κ2) is 6.35. The van der Waals surface area contributed by atoms with Gasteiger partial charge in [-0.2, -0.15) is 0 Å². The van der Waals surface area contributed by atoms with Gasteiger partial charge in [0, 0.05) is 11.1 Å². The minimum Gasteiger partial charge on any atom is -0.497 e. The molecule has 0 spiro atoms. The average Bonchev–Trinajstić information content (AvgIpc) is 2.36. The molecule has 5 heteroatoms. The standard InChI is InChI=1S/C16H25NO4/c1-15(2,3)21-14(19)17-13-8-7-11(20-6)9-12(13)16(4,5)10-18/h7-9,18H,10H2,1-6H3,(H,17,19). The van der Waals surface area contributed by atoms with Crippen LogP contribution >= 0.6 is 0 Å². The monoisotopic (exact) mass is 295 g/mol. The summed E-state index contributed by atoms with van der Waals surface area (Å²) in [6.07, 6.45) is -0.525. The number of hydrogen-bond donors (Lipinski definition) is 2. The van der Waals surface area contributed by atoms with Crippen molar-refractivity contribution in [3.8, 4) is 5.75 Å². The van der Waals surface area contributed by atoms with Crippen molar-refractivity contribution >= 4 is 11.8 Å². The Labute approximate surface area is 126 Å². The zero-order valence-electron chi connectivity index (χ0n) is 13.6. The average molecular weight is 295 g/mol. The molecule has 0 aliphatic rings. The smallest absolute Gasteiger partial charge is 0.412 e. The van der Waals surface area contributed by atoms with Crippen LogP contribution in [0.1, 0.15) is 40.2 Å². The van der Waals surface area contributed by atoms with Crippen molar-refractivity contribution in [2.45, 2.75) is 45.6 Å². The molecule has 0 saturated heterocycles. The van der Waals surface area contributed by atoms with Gasteiger partial charge in [0.25, 0.3) is 0 Å². The largest absolute Gasteiger partial charge is 0.497 e. The molecule has 0 unspecified atom stereocenters. The lowest BCUT2D eigenvalue weighted by Gasteiger charge is -2.27. The van der Waals surface area contributed by atoms with Crippen LogP contribution in [0.15, 0.2) is 18.2 Å². The van der Waals surface area contributed by atoms with Gasteiger partial charge in [-0.25, -0.2) is 4.79 Å². The van der Waals surface area contributed by atoms with Gasteiger partial charge in [0.1, 0.15) is 11.4 Å². The lowest BCUT2D eigenvalue weighted by Crippen LogP contribution is -2.29. The summed E-state index contributed by atoms with van der Waals surface area (Å²) in [4.78, 5) is 11.9. The number of nitrogens with one attached hydrogen (secondary N) is 1. The van der Waals surface area contributed by atoms with Crippen LogP contribution in [-0.4, -0.2) is 30.5 Å². The molecule has 5 nitrogen and oxygen atoms in total. The predicted molar refractivity (Wildman–Crippen MR) is 83.0 cm³/mol. The Morgan fingerprint density at radius 1 is 1.24 bits per heavy atom. The number of carbonyl (C=O) groups is 1. The maximum Gasteiger partial charge on any atom is 0.412 e. The van der Waals surface area contributed by atoms with Crippen LogP contribution in [0.25, 0.3) is 0 Å². The summed E-state index contributed by atoms with van der Waals surface area (Å²) in [5.41, 5.74) is 0.307. The van der Waals surface area contributed by atoms with Crippen molar-refractivity contribution in [3.63, 3.8) is 0 Å². The van der Waals surface area contributed by atoms with E-state index >= 15 is 0 Å². The number of aliphatic hydroxyl groups is 1. The molecule has 0 saturated carbocycles. The van der Waals surface area contributed by atoms with E-state index in [1.54, 1.807) is 40.0 Å². The number of anilines is 1. The fourth-order valence-electron chi connectivity index (χ4n) is 1.82. The van der Waals surface area contributed by atoms with Gasteiger partial charge in [-0.15, -0.1) is 0 Å². The van der Waals surface area contributed by atoms with Gasteiger partial charge in [0.15, 0.2) is 0 Å². The van der Waals surface area contributed by atoms with Gasteiger partial charge in [0.05, 0.1) is 13.7 Å². The molecule has 1 aromatic rings. The maximum atomic E-state index is 11.9.